The molecule has 0 aliphatic carbocycles. The highest BCUT2D eigenvalue weighted by Gasteiger charge is 2.13. The van der Waals surface area contributed by atoms with Gasteiger partial charge in [-0.05, 0) is 12.1 Å². The molecule has 1 atom stereocenters. The Hall–Kier alpha value is -2.11. The number of aromatic nitrogens is 1. The van der Waals surface area contributed by atoms with Gasteiger partial charge in [-0.15, -0.1) is 0 Å². The molecule has 86 valence electrons. The minimum Gasteiger partial charge on any atom is -0.481 e. The minimum absolute atomic E-state index is 0.0697. The molecule has 6 nitrogen and oxygen atoms in total. The van der Waals surface area contributed by atoms with Gasteiger partial charge in [0.05, 0.1) is 17.8 Å². The van der Waals surface area contributed by atoms with E-state index in [2.05, 4.69) is 10.3 Å². The van der Waals surface area contributed by atoms with Gasteiger partial charge in [-0.25, -0.2) is 4.98 Å². The second-order valence-corrected chi connectivity index (χ2v) is 3.43. The summed E-state index contributed by atoms with van der Waals surface area (Å²) in [5, 5.41) is 11.1. The van der Waals surface area contributed by atoms with Crippen molar-refractivity contribution in [1.29, 1.82) is 0 Å². The fraction of sp³-hybridized carbons (Fsp3) is 0.300. The van der Waals surface area contributed by atoms with Gasteiger partial charge < -0.3 is 16.2 Å². The predicted molar refractivity (Wildman–Crippen MR) is 57.8 cm³/mol. The number of amides is 1. The van der Waals surface area contributed by atoms with Crippen LogP contribution in [0.1, 0.15) is 17.4 Å². The zero-order chi connectivity index (χ0) is 12.1. The largest absolute Gasteiger partial charge is 0.481 e. The summed E-state index contributed by atoms with van der Waals surface area (Å²) in [5.41, 5.74) is 6.10. The standard InChI is InChI=1S/C10H13N3O3/c1-6(10(15)16)4-13-9(14)8-3-2-7(11)5-12-8/h2-3,5-6H,4,11H2,1H3,(H,13,14)(H,15,16). The van der Waals surface area contributed by atoms with Gasteiger partial charge in [0, 0.05) is 6.54 Å². The normalized spacial score (nSPS) is 11.8. The van der Waals surface area contributed by atoms with E-state index in [-0.39, 0.29) is 12.2 Å². The SMILES string of the molecule is CC(CNC(=O)c1ccc(N)cn1)C(=O)O. The number of nitrogen functional groups attached to an aromatic ring is 1. The summed E-state index contributed by atoms with van der Waals surface area (Å²) >= 11 is 0. The molecule has 4 N–H and O–H groups in total. The topological polar surface area (TPSA) is 105 Å². The molecule has 0 aliphatic rings. The van der Waals surface area contributed by atoms with Crippen LogP contribution < -0.4 is 11.1 Å². The van der Waals surface area contributed by atoms with Gasteiger partial charge in [-0.1, -0.05) is 6.92 Å². The number of hydrogen-bond acceptors (Lipinski definition) is 4. The Kier molecular flexibility index (Phi) is 3.82. The summed E-state index contributed by atoms with van der Waals surface area (Å²) in [5.74, 6) is -1.99. The van der Waals surface area contributed by atoms with Crippen LogP contribution in [-0.4, -0.2) is 28.5 Å². The minimum atomic E-state index is -0.953. The molecule has 16 heavy (non-hydrogen) atoms. The van der Waals surface area contributed by atoms with E-state index < -0.39 is 17.8 Å². The van der Waals surface area contributed by atoms with Crippen LogP contribution in [0.3, 0.4) is 0 Å². The lowest BCUT2D eigenvalue weighted by Gasteiger charge is -2.07. The van der Waals surface area contributed by atoms with Gasteiger partial charge >= 0.3 is 5.97 Å². The molecule has 1 unspecified atom stereocenters. The zero-order valence-corrected chi connectivity index (χ0v) is 8.80. The van der Waals surface area contributed by atoms with Gasteiger partial charge in [0.25, 0.3) is 5.91 Å². The molecule has 0 radical (unpaired) electrons. The van der Waals surface area contributed by atoms with Crippen molar-refractivity contribution in [1.82, 2.24) is 10.3 Å². The number of aliphatic carboxylic acids is 1. The van der Waals surface area contributed by atoms with Crippen LogP contribution in [-0.2, 0) is 4.79 Å². The van der Waals surface area contributed by atoms with E-state index >= 15 is 0 Å². The number of carbonyl (C=O) groups is 2. The van der Waals surface area contributed by atoms with E-state index in [9.17, 15) is 9.59 Å². The van der Waals surface area contributed by atoms with E-state index in [0.29, 0.717) is 5.69 Å². The van der Waals surface area contributed by atoms with Gasteiger partial charge in [0.1, 0.15) is 5.69 Å². The highest BCUT2D eigenvalue weighted by molar-refractivity contribution is 5.92. The van der Waals surface area contributed by atoms with Crippen LogP contribution in [0.4, 0.5) is 5.69 Å². The molecule has 0 saturated heterocycles. The van der Waals surface area contributed by atoms with Crippen LogP contribution in [0.5, 0.6) is 0 Å². The van der Waals surface area contributed by atoms with E-state index in [0.717, 1.165) is 0 Å². The van der Waals surface area contributed by atoms with E-state index in [4.69, 9.17) is 10.8 Å². The third-order valence-electron chi connectivity index (χ3n) is 2.01. The molecule has 0 aliphatic heterocycles. The van der Waals surface area contributed by atoms with Crippen molar-refractivity contribution in [3.63, 3.8) is 0 Å². The molecule has 1 heterocycles. The van der Waals surface area contributed by atoms with Crippen LogP contribution in [0.15, 0.2) is 18.3 Å². The first-order chi connectivity index (χ1) is 7.50. The Morgan fingerprint density at radius 1 is 1.56 bits per heavy atom. The zero-order valence-electron chi connectivity index (χ0n) is 8.80. The van der Waals surface area contributed by atoms with E-state index in [1.165, 1.54) is 19.2 Å². The Labute approximate surface area is 92.5 Å². The van der Waals surface area contributed by atoms with Crippen molar-refractivity contribution in [3.05, 3.63) is 24.0 Å². The molecule has 1 amide bonds. The lowest BCUT2D eigenvalue weighted by molar-refractivity contribution is -0.140. The second kappa shape index (κ2) is 5.11. The lowest BCUT2D eigenvalue weighted by atomic mass is 10.2. The monoisotopic (exact) mass is 223 g/mol. The molecule has 6 heteroatoms. The van der Waals surface area contributed by atoms with E-state index in [1.54, 1.807) is 6.07 Å². The summed E-state index contributed by atoms with van der Waals surface area (Å²) in [7, 11) is 0. The van der Waals surface area contributed by atoms with Crippen LogP contribution in [0.25, 0.3) is 0 Å². The summed E-state index contributed by atoms with van der Waals surface area (Å²) in [4.78, 5) is 25.8. The Bertz CT molecular complexity index is 389. The van der Waals surface area contributed by atoms with Gasteiger partial charge in [0.15, 0.2) is 0 Å². The second-order valence-electron chi connectivity index (χ2n) is 3.43. The number of hydrogen-bond donors (Lipinski definition) is 3. The van der Waals surface area contributed by atoms with E-state index in [1.807, 2.05) is 0 Å². The number of carbonyl (C=O) groups excluding carboxylic acids is 1. The van der Waals surface area contributed by atoms with Gasteiger partial charge in [-0.3, -0.25) is 9.59 Å². The maximum Gasteiger partial charge on any atom is 0.308 e. The van der Waals surface area contributed by atoms with Crippen LogP contribution in [0, 0.1) is 5.92 Å². The van der Waals surface area contributed by atoms with Crippen LogP contribution >= 0.6 is 0 Å². The number of nitrogens with two attached hydrogens (primary N) is 1. The number of carboxylic acid groups (broad SMARTS) is 1. The molecule has 0 bridgehead atoms. The Morgan fingerprint density at radius 2 is 2.25 bits per heavy atom. The fourth-order valence-electron chi connectivity index (χ4n) is 0.963. The van der Waals surface area contributed by atoms with Crippen LogP contribution in [0.2, 0.25) is 0 Å². The smallest absolute Gasteiger partial charge is 0.308 e. The third-order valence-corrected chi connectivity index (χ3v) is 2.01. The average Bonchev–Trinajstić information content (AvgIpc) is 2.26. The first-order valence-electron chi connectivity index (χ1n) is 4.73. The number of anilines is 1. The molecule has 1 rings (SSSR count). The number of carboxylic acids is 1. The molecule has 0 aromatic carbocycles. The number of nitrogens with zero attached hydrogens (tertiary/aromatic N) is 1. The third kappa shape index (κ3) is 3.23. The highest BCUT2D eigenvalue weighted by Crippen LogP contribution is 2.01. The van der Waals surface area contributed by atoms with Crippen molar-refractivity contribution in [2.24, 2.45) is 5.92 Å². The average molecular weight is 223 g/mol. The maximum absolute atomic E-state index is 11.5. The Balaban J connectivity index is 2.53. The number of nitrogens with one attached hydrogen (secondary N) is 1. The molecule has 0 saturated carbocycles. The quantitative estimate of drug-likeness (QED) is 0.672. The van der Waals surface area contributed by atoms with Crippen molar-refractivity contribution < 1.29 is 14.7 Å². The molecular formula is C10H13N3O3. The fourth-order valence-corrected chi connectivity index (χ4v) is 0.963. The van der Waals surface area contributed by atoms with Gasteiger partial charge in [-0.2, -0.15) is 0 Å². The Morgan fingerprint density at radius 3 is 2.75 bits per heavy atom. The molecular weight excluding hydrogens is 210 g/mol. The summed E-state index contributed by atoms with van der Waals surface area (Å²) in [6.45, 7) is 1.58. The summed E-state index contributed by atoms with van der Waals surface area (Å²) in [6, 6.07) is 3.04. The molecule has 0 spiro atoms. The highest BCUT2D eigenvalue weighted by atomic mass is 16.4. The predicted octanol–water partition coefficient (Wildman–Crippen LogP) is 0.114. The summed E-state index contributed by atoms with van der Waals surface area (Å²) in [6.07, 6.45) is 1.37. The summed E-state index contributed by atoms with van der Waals surface area (Å²) < 4.78 is 0. The maximum atomic E-state index is 11.5. The molecule has 0 fully saturated rings. The van der Waals surface area contributed by atoms with Crippen molar-refractivity contribution in [2.75, 3.05) is 12.3 Å². The molecule has 1 aromatic rings. The molecule has 1 aromatic heterocycles. The van der Waals surface area contributed by atoms with Gasteiger partial charge in [0.2, 0.25) is 0 Å². The first-order valence-corrected chi connectivity index (χ1v) is 4.73. The number of rotatable bonds is 4. The van der Waals surface area contributed by atoms with Crippen molar-refractivity contribution in [2.45, 2.75) is 6.92 Å². The number of pyridine rings is 1. The first kappa shape index (κ1) is 12.0. The van der Waals surface area contributed by atoms with Crippen molar-refractivity contribution >= 4 is 17.6 Å². The van der Waals surface area contributed by atoms with Crippen molar-refractivity contribution in [3.8, 4) is 0 Å². The lowest BCUT2D eigenvalue weighted by Crippen LogP contribution is -2.31.